The van der Waals surface area contributed by atoms with Crippen molar-refractivity contribution in [1.29, 1.82) is 0 Å². The van der Waals surface area contributed by atoms with Crippen LogP contribution in [0, 0.1) is 0 Å². The minimum atomic E-state index is -0.0821. The Morgan fingerprint density at radius 1 is 1.05 bits per heavy atom. The highest BCUT2D eigenvalue weighted by Crippen LogP contribution is 2.30. The van der Waals surface area contributed by atoms with Crippen LogP contribution in [0.1, 0.15) is 12.0 Å². The summed E-state index contributed by atoms with van der Waals surface area (Å²) in [4.78, 5) is 0. The molecular weight excluding hydrogens is 248 g/mol. The Morgan fingerprint density at radius 3 is 2.58 bits per heavy atom. The van der Waals surface area contributed by atoms with Crippen LogP contribution in [-0.4, -0.2) is 45.8 Å². The van der Waals surface area contributed by atoms with Gasteiger partial charge < -0.3 is 24.1 Å². The van der Waals surface area contributed by atoms with Gasteiger partial charge in [-0.05, 0) is 12.5 Å². The minimum absolute atomic E-state index is 0.0821. The van der Waals surface area contributed by atoms with Gasteiger partial charge >= 0.3 is 0 Å². The number of ether oxygens (including phenoxy) is 4. The first-order valence-corrected chi connectivity index (χ1v) is 6.29. The van der Waals surface area contributed by atoms with Crippen molar-refractivity contribution in [3.05, 3.63) is 23.8 Å². The molecule has 0 aromatic heterocycles. The topological polar surface area (TPSA) is 57.2 Å². The average Bonchev–Trinajstić information content (AvgIpc) is 2.46. The van der Waals surface area contributed by atoms with E-state index in [2.05, 4.69) is 0 Å². The van der Waals surface area contributed by atoms with Crippen LogP contribution < -0.4 is 9.47 Å². The van der Waals surface area contributed by atoms with Gasteiger partial charge in [0.05, 0.1) is 20.3 Å². The number of benzene rings is 1. The summed E-state index contributed by atoms with van der Waals surface area (Å²) in [5.74, 6) is 1.19. The summed E-state index contributed by atoms with van der Waals surface area (Å²) >= 11 is 0. The van der Waals surface area contributed by atoms with Crippen molar-refractivity contribution in [3.8, 4) is 11.5 Å². The lowest BCUT2D eigenvalue weighted by molar-refractivity contribution is 0.0793. The predicted octanol–water partition coefficient (Wildman–Crippen LogP) is 1.62. The minimum Gasteiger partial charge on any atom is -0.493 e. The summed E-state index contributed by atoms with van der Waals surface area (Å²) in [5.41, 5.74) is 0.707. The van der Waals surface area contributed by atoms with Crippen LogP contribution in [0.25, 0.3) is 0 Å². The molecule has 1 aromatic rings. The molecule has 5 heteroatoms. The van der Waals surface area contributed by atoms with Crippen LogP contribution in [0.15, 0.2) is 18.2 Å². The Balaban J connectivity index is 2.35. The Morgan fingerprint density at radius 2 is 1.89 bits per heavy atom. The van der Waals surface area contributed by atoms with E-state index in [1.165, 1.54) is 0 Å². The van der Waals surface area contributed by atoms with Gasteiger partial charge in [-0.25, -0.2) is 0 Å². The lowest BCUT2D eigenvalue weighted by atomic mass is 10.2. The second kappa shape index (κ2) is 9.61. The Kier molecular flexibility index (Phi) is 7.97. The first-order valence-electron chi connectivity index (χ1n) is 6.29. The van der Waals surface area contributed by atoms with Crippen molar-refractivity contribution < 1.29 is 24.1 Å². The van der Waals surface area contributed by atoms with Gasteiger partial charge in [-0.15, -0.1) is 0 Å². The first kappa shape index (κ1) is 15.8. The fraction of sp³-hybridized carbons (Fsp3) is 0.571. The quantitative estimate of drug-likeness (QED) is 0.655. The zero-order valence-electron chi connectivity index (χ0n) is 11.6. The number of hydrogen-bond donors (Lipinski definition) is 1. The van der Waals surface area contributed by atoms with Crippen molar-refractivity contribution in [3.63, 3.8) is 0 Å². The molecule has 0 unspecified atom stereocenters. The molecule has 1 aromatic carbocycles. The summed E-state index contributed by atoms with van der Waals surface area (Å²) < 4.78 is 21.1. The summed E-state index contributed by atoms with van der Waals surface area (Å²) in [5, 5.41) is 9.26. The van der Waals surface area contributed by atoms with Crippen LogP contribution in [0.5, 0.6) is 11.5 Å². The van der Waals surface area contributed by atoms with Crippen LogP contribution in [-0.2, 0) is 16.1 Å². The summed E-state index contributed by atoms with van der Waals surface area (Å²) in [7, 11) is 3.24. The third-order valence-corrected chi connectivity index (χ3v) is 2.56. The van der Waals surface area contributed by atoms with Gasteiger partial charge in [-0.3, -0.25) is 0 Å². The van der Waals surface area contributed by atoms with Gasteiger partial charge in [-0.1, -0.05) is 12.1 Å². The van der Waals surface area contributed by atoms with Gasteiger partial charge in [0.25, 0.3) is 0 Å². The molecule has 0 fully saturated rings. The van der Waals surface area contributed by atoms with Crippen molar-refractivity contribution in [2.45, 2.75) is 13.0 Å². The molecule has 19 heavy (non-hydrogen) atoms. The molecule has 0 aliphatic rings. The molecule has 0 radical (unpaired) electrons. The van der Waals surface area contributed by atoms with Crippen LogP contribution in [0.2, 0.25) is 0 Å². The zero-order valence-corrected chi connectivity index (χ0v) is 11.6. The lowest BCUT2D eigenvalue weighted by Gasteiger charge is -2.14. The highest BCUT2D eigenvalue weighted by molar-refractivity contribution is 5.46. The smallest absolute Gasteiger partial charge is 0.166 e. The number of methoxy groups -OCH3 is 2. The number of para-hydroxylation sites is 1. The molecule has 0 aliphatic heterocycles. The molecule has 0 saturated carbocycles. The maximum absolute atomic E-state index is 9.26. The van der Waals surface area contributed by atoms with Crippen molar-refractivity contribution in [1.82, 2.24) is 0 Å². The zero-order chi connectivity index (χ0) is 13.9. The third-order valence-electron chi connectivity index (χ3n) is 2.56. The Bertz CT molecular complexity index is 331. The normalized spacial score (nSPS) is 10.5. The molecule has 0 amide bonds. The van der Waals surface area contributed by atoms with Gasteiger partial charge in [0.1, 0.15) is 6.61 Å². The van der Waals surface area contributed by atoms with Crippen molar-refractivity contribution in [2.75, 3.05) is 40.6 Å². The highest BCUT2D eigenvalue weighted by atomic mass is 16.5. The third kappa shape index (κ3) is 5.46. The number of hydrogen-bond acceptors (Lipinski definition) is 5. The molecule has 0 bridgehead atoms. The summed E-state index contributed by atoms with van der Waals surface area (Å²) in [6.07, 6.45) is 0.868. The van der Waals surface area contributed by atoms with Gasteiger partial charge in [-0.2, -0.15) is 0 Å². The lowest BCUT2D eigenvalue weighted by Crippen LogP contribution is -2.10. The highest BCUT2D eigenvalue weighted by Gasteiger charge is 2.09. The fourth-order valence-corrected chi connectivity index (χ4v) is 1.62. The number of rotatable bonds is 10. The van der Waals surface area contributed by atoms with E-state index in [9.17, 15) is 5.11 Å². The molecule has 1 N–H and O–H groups in total. The molecular formula is C14H22O5. The van der Waals surface area contributed by atoms with Crippen LogP contribution in [0.4, 0.5) is 0 Å². The first-order chi connectivity index (χ1) is 9.33. The van der Waals surface area contributed by atoms with E-state index in [-0.39, 0.29) is 6.61 Å². The second-order valence-corrected chi connectivity index (χ2v) is 3.91. The van der Waals surface area contributed by atoms with E-state index in [0.29, 0.717) is 43.5 Å². The predicted molar refractivity (Wildman–Crippen MR) is 71.7 cm³/mol. The SMILES string of the molecule is COCCCOCCOc1c(CO)cccc1OC. The molecule has 0 heterocycles. The maximum Gasteiger partial charge on any atom is 0.166 e. The molecule has 0 spiro atoms. The van der Waals surface area contributed by atoms with Crippen molar-refractivity contribution >= 4 is 0 Å². The van der Waals surface area contributed by atoms with E-state index >= 15 is 0 Å². The van der Waals surface area contributed by atoms with Gasteiger partial charge in [0.2, 0.25) is 0 Å². The maximum atomic E-state index is 9.26. The van der Waals surface area contributed by atoms with Crippen LogP contribution >= 0.6 is 0 Å². The van der Waals surface area contributed by atoms with E-state index in [1.54, 1.807) is 26.4 Å². The summed E-state index contributed by atoms with van der Waals surface area (Å²) in [6.45, 7) is 2.17. The second-order valence-electron chi connectivity index (χ2n) is 3.91. The fourth-order valence-electron chi connectivity index (χ4n) is 1.62. The van der Waals surface area contributed by atoms with E-state index in [1.807, 2.05) is 6.07 Å². The molecule has 0 saturated heterocycles. The monoisotopic (exact) mass is 270 g/mol. The van der Waals surface area contributed by atoms with E-state index in [4.69, 9.17) is 18.9 Å². The number of aliphatic hydroxyl groups is 1. The van der Waals surface area contributed by atoms with Gasteiger partial charge in [0, 0.05) is 25.9 Å². The number of aliphatic hydroxyl groups excluding tert-OH is 1. The Labute approximate surface area is 114 Å². The van der Waals surface area contributed by atoms with Crippen molar-refractivity contribution in [2.24, 2.45) is 0 Å². The average molecular weight is 270 g/mol. The Hall–Kier alpha value is -1.30. The molecule has 5 nitrogen and oxygen atoms in total. The summed E-state index contributed by atoms with van der Waals surface area (Å²) in [6, 6.07) is 5.42. The molecule has 108 valence electrons. The standard InChI is InChI=1S/C14H22O5/c1-16-7-4-8-18-9-10-19-14-12(11-15)5-3-6-13(14)17-2/h3,5-6,15H,4,7-11H2,1-2H3. The van der Waals surface area contributed by atoms with E-state index < -0.39 is 0 Å². The molecule has 0 atom stereocenters. The van der Waals surface area contributed by atoms with Gasteiger partial charge in [0.15, 0.2) is 11.5 Å². The molecule has 1 rings (SSSR count). The largest absolute Gasteiger partial charge is 0.493 e. The van der Waals surface area contributed by atoms with Crippen LogP contribution in [0.3, 0.4) is 0 Å². The molecule has 0 aliphatic carbocycles. The van der Waals surface area contributed by atoms with E-state index in [0.717, 1.165) is 6.42 Å².